The van der Waals surface area contributed by atoms with E-state index in [-0.39, 0.29) is 26.1 Å². The summed E-state index contributed by atoms with van der Waals surface area (Å²) in [6.07, 6.45) is -0.934. The lowest BCUT2D eigenvalue weighted by Crippen LogP contribution is -2.54. The van der Waals surface area contributed by atoms with Gasteiger partial charge in [-0.15, -0.1) is 0 Å². The summed E-state index contributed by atoms with van der Waals surface area (Å²) >= 11 is 0. The van der Waals surface area contributed by atoms with Gasteiger partial charge in [0.1, 0.15) is 23.8 Å². The average molecular weight is 579 g/mol. The highest BCUT2D eigenvalue weighted by Crippen LogP contribution is 2.37. The number of nitrogens with one attached hydrogen (secondary N) is 1. The zero-order valence-corrected chi connectivity index (χ0v) is 24.4. The first-order valence-corrected chi connectivity index (χ1v) is 14.4. The molecule has 1 amide bonds. The second-order valence-corrected chi connectivity index (χ2v) is 12.2. The topological polar surface area (TPSA) is 105 Å². The lowest BCUT2D eigenvalue weighted by molar-refractivity contribution is -0.159. The van der Waals surface area contributed by atoms with Crippen molar-refractivity contribution in [2.45, 2.75) is 57.5 Å². The molecule has 220 valence electrons. The van der Waals surface area contributed by atoms with Crippen molar-refractivity contribution in [2.75, 3.05) is 6.54 Å². The molecular formula is C35H34N2O6. The first-order valence-electron chi connectivity index (χ1n) is 14.4. The number of rotatable bonds is 7. The Morgan fingerprint density at radius 2 is 1.53 bits per heavy atom. The van der Waals surface area contributed by atoms with Gasteiger partial charge in [0.25, 0.3) is 0 Å². The van der Waals surface area contributed by atoms with Crippen LogP contribution >= 0.6 is 0 Å². The Morgan fingerprint density at radius 3 is 2.21 bits per heavy atom. The molecule has 0 aromatic heterocycles. The maximum absolute atomic E-state index is 13.3. The molecular weight excluding hydrogens is 544 g/mol. The molecule has 0 unspecified atom stereocenters. The number of carbonyl (C=O) groups is 3. The zero-order chi connectivity index (χ0) is 30.4. The normalized spacial score (nSPS) is 18.9. The fourth-order valence-electron chi connectivity index (χ4n) is 6.05. The van der Waals surface area contributed by atoms with Gasteiger partial charge < -0.3 is 14.6 Å². The van der Waals surface area contributed by atoms with E-state index < -0.39 is 35.2 Å². The molecule has 2 N–H and O–H groups in total. The molecule has 0 spiro atoms. The largest absolute Gasteiger partial charge is 0.480 e. The van der Waals surface area contributed by atoms with Crippen LogP contribution in [0.25, 0.3) is 32.3 Å². The summed E-state index contributed by atoms with van der Waals surface area (Å²) in [5.41, 5.74) is -0.719. The molecule has 0 bridgehead atoms. The van der Waals surface area contributed by atoms with Crippen molar-refractivity contribution in [1.29, 1.82) is 0 Å². The van der Waals surface area contributed by atoms with Gasteiger partial charge in [0.05, 0.1) is 6.54 Å². The van der Waals surface area contributed by atoms with Gasteiger partial charge in [-0.25, -0.2) is 9.59 Å². The fourth-order valence-corrected chi connectivity index (χ4v) is 6.05. The number of hydrogen-bond acceptors (Lipinski definition) is 6. The highest BCUT2D eigenvalue weighted by Gasteiger charge is 2.55. The van der Waals surface area contributed by atoms with E-state index in [1.165, 1.54) is 10.3 Å². The quantitative estimate of drug-likeness (QED) is 0.174. The molecule has 2 atom stereocenters. The van der Waals surface area contributed by atoms with Gasteiger partial charge in [-0.3, -0.25) is 15.0 Å². The van der Waals surface area contributed by atoms with Crippen LogP contribution in [0.1, 0.15) is 38.3 Å². The summed E-state index contributed by atoms with van der Waals surface area (Å²) in [6.45, 7) is 5.14. The molecule has 5 aromatic rings. The maximum Gasteiger partial charge on any atom is 0.410 e. The van der Waals surface area contributed by atoms with E-state index in [9.17, 15) is 19.5 Å². The summed E-state index contributed by atoms with van der Waals surface area (Å²) in [6, 6.07) is 26.7. The predicted molar refractivity (Wildman–Crippen MR) is 165 cm³/mol. The van der Waals surface area contributed by atoms with Crippen LogP contribution in [0.5, 0.6) is 0 Å². The molecule has 1 saturated heterocycles. The first-order chi connectivity index (χ1) is 20.5. The first kappa shape index (κ1) is 28.4. The van der Waals surface area contributed by atoms with Gasteiger partial charge in [0.15, 0.2) is 0 Å². The number of nitrogens with zero attached hydrogens (tertiary/aromatic N) is 1. The van der Waals surface area contributed by atoms with Crippen LogP contribution in [-0.4, -0.2) is 51.8 Å². The number of amides is 1. The lowest BCUT2D eigenvalue weighted by atomic mass is 9.91. The van der Waals surface area contributed by atoms with Crippen LogP contribution in [0.4, 0.5) is 4.79 Å². The summed E-state index contributed by atoms with van der Waals surface area (Å²) in [4.78, 5) is 40.7. The molecule has 1 aliphatic heterocycles. The average Bonchev–Trinajstić information content (AvgIpc) is 3.39. The smallest absolute Gasteiger partial charge is 0.410 e. The van der Waals surface area contributed by atoms with Gasteiger partial charge in [0.2, 0.25) is 0 Å². The number of likely N-dealkylation sites (tertiary alicyclic amines) is 1. The van der Waals surface area contributed by atoms with Gasteiger partial charge in [-0.05, 0) is 64.2 Å². The summed E-state index contributed by atoms with van der Waals surface area (Å²) < 4.78 is 11.2. The molecule has 6 rings (SSSR count). The standard InChI is InChI=1S/C35H34N2O6/c1-34(2,3)43-31(38)28-18-35(32(39)40,21-37(28)33(41)42-20-22-8-5-4-6-9-22)36-19-26-15-14-25-13-12-23-10-7-11-24-16-17-27(26)30(25)29(23)24/h4-17,28,36H,18-21H2,1-3H3,(H,39,40)/t28-,35-/m0/s1. The molecule has 43 heavy (non-hydrogen) atoms. The molecule has 0 aliphatic carbocycles. The van der Waals surface area contributed by atoms with E-state index in [1.54, 1.807) is 20.8 Å². The number of carboxylic acid groups (broad SMARTS) is 1. The monoisotopic (exact) mass is 578 g/mol. The minimum absolute atomic E-state index is 0.00651. The molecule has 1 heterocycles. The third-order valence-electron chi connectivity index (χ3n) is 8.12. The van der Waals surface area contributed by atoms with Crippen molar-refractivity contribution >= 4 is 50.3 Å². The third-order valence-corrected chi connectivity index (χ3v) is 8.12. The van der Waals surface area contributed by atoms with E-state index in [0.717, 1.165) is 38.1 Å². The van der Waals surface area contributed by atoms with Crippen molar-refractivity contribution in [3.63, 3.8) is 0 Å². The highest BCUT2D eigenvalue weighted by atomic mass is 16.6. The summed E-state index contributed by atoms with van der Waals surface area (Å²) in [7, 11) is 0. The molecule has 1 fully saturated rings. The van der Waals surface area contributed by atoms with Crippen molar-refractivity contribution in [1.82, 2.24) is 10.2 Å². The summed E-state index contributed by atoms with van der Waals surface area (Å²) in [5.74, 6) is -1.83. The molecule has 0 saturated carbocycles. The molecule has 8 heteroatoms. The number of ether oxygens (including phenoxy) is 2. The number of carbonyl (C=O) groups excluding carboxylic acids is 2. The van der Waals surface area contributed by atoms with E-state index in [0.29, 0.717) is 0 Å². The van der Waals surface area contributed by atoms with Crippen LogP contribution in [0.2, 0.25) is 0 Å². The highest BCUT2D eigenvalue weighted by molar-refractivity contribution is 6.23. The van der Waals surface area contributed by atoms with Crippen LogP contribution in [0.3, 0.4) is 0 Å². The Bertz CT molecular complexity index is 1810. The van der Waals surface area contributed by atoms with Crippen LogP contribution < -0.4 is 5.32 Å². The van der Waals surface area contributed by atoms with E-state index in [4.69, 9.17) is 9.47 Å². The Hall–Kier alpha value is -4.69. The minimum atomic E-state index is -1.60. The molecule has 1 aliphatic rings. The SMILES string of the molecule is CC(C)(C)OC(=O)[C@@H]1C[C@@](NCc2ccc3ccc4cccc5ccc2c3c45)(C(=O)O)CN1C(=O)OCc1ccccc1. The summed E-state index contributed by atoms with van der Waals surface area (Å²) in [5, 5.41) is 20.5. The number of aliphatic carboxylic acids is 1. The number of hydrogen-bond donors (Lipinski definition) is 2. The predicted octanol–water partition coefficient (Wildman–Crippen LogP) is 6.25. The zero-order valence-electron chi connectivity index (χ0n) is 24.4. The van der Waals surface area contributed by atoms with Crippen molar-refractivity contribution in [3.8, 4) is 0 Å². The maximum atomic E-state index is 13.3. The van der Waals surface area contributed by atoms with Gasteiger partial charge in [-0.2, -0.15) is 0 Å². The van der Waals surface area contributed by atoms with Gasteiger partial charge in [0, 0.05) is 13.0 Å². The van der Waals surface area contributed by atoms with E-state index in [2.05, 4.69) is 41.7 Å². The number of carboxylic acids is 1. The third kappa shape index (κ3) is 5.46. The van der Waals surface area contributed by atoms with Gasteiger partial charge in [-0.1, -0.05) is 84.9 Å². The van der Waals surface area contributed by atoms with Crippen molar-refractivity contribution in [2.24, 2.45) is 0 Å². The van der Waals surface area contributed by atoms with Crippen molar-refractivity contribution in [3.05, 3.63) is 96.1 Å². The Balaban J connectivity index is 1.30. The molecule has 5 aromatic carbocycles. The Morgan fingerprint density at radius 1 is 0.884 bits per heavy atom. The fraction of sp³-hybridized carbons (Fsp3) is 0.286. The lowest BCUT2D eigenvalue weighted by Gasteiger charge is -2.27. The Kier molecular flexibility index (Phi) is 7.18. The number of esters is 1. The van der Waals surface area contributed by atoms with E-state index >= 15 is 0 Å². The Labute approximate surface area is 249 Å². The second-order valence-electron chi connectivity index (χ2n) is 12.2. The second kappa shape index (κ2) is 10.9. The molecule has 0 radical (unpaired) electrons. The van der Waals surface area contributed by atoms with Crippen molar-refractivity contribution < 1.29 is 29.0 Å². The van der Waals surface area contributed by atoms with Crippen LogP contribution in [0, 0.1) is 0 Å². The van der Waals surface area contributed by atoms with Crippen LogP contribution in [0.15, 0.2) is 84.9 Å². The minimum Gasteiger partial charge on any atom is -0.480 e. The van der Waals surface area contributed by atoms with Gasteiger partial charge >= 0.3 is 18.0 Å². The molecule has 8 nitrogen and oxygen atoms in total. The van der Waals surface area contributed by atoms with Crippen LogP contribution in [-0.2, 0) is 32.2 Å². The number of benzene rings is 5. The van der Waals surface area contributed by atoms with E-state index in [1.807, 2.05) is 48.5 Å².